The molecular weight excluding hydrogens is 461 g/mol. The zero-order valence-corrected chi connectivity index (χ0v) is 20.3. The maximum Gasteiger partial charge on any atom is 0.261 e. The van der Waals surface area contributed by atoms with Crippen LogP contribution in [0.25, 0.3) is 33.2 Å². The normalized spacial score (nSPS) is 14.8. The Kier molecular flexibility index (Phi) is 5.09. The molecule has 184 valence electrons. The molecule has 0 amide bonds. The SMILES string of the molecule is CC(C)Cn1cc(-c2nn([C@@H](C)c3nc4ccc(F)cc4c(=O)n3C3CC3)c3ncnc(N)c23)cn1. The molecule has 36 heavy (non-hydrogen) atoms. The van der Waals surface area contributed by atoms with Crippen LogP contribution in [0.3, 0.4) is 0 Å². The van der Waals surface area contributed by atoms with Crippen LogP contribution in [0.2, 0.25) is 0 Å². The summed E-state index contributed by atoms with van der Waals surface area (Å²) in [5.74, 6) is 0.835. The molecule has 5 aromatic rings. The molecule has 0 spiro atoms. The molecule has 1 aliphatic rings. The van der Waals surface area contributed by atoms with Gasteiger partial charge in [-0.3, -0.25) is 14.0 Å². The lowest BCUT2D eigenvalue weighted by Gasteiger charge is -2.19. The van der Waals surface area contributed by atoms with Crippen LogP contribution >= 0.6 is 0 Å². The van der Waals surface area contributed by atoms with Crippen molar-refractivity contribution in [3.63, 3.8) is 0 Å². The number of nitrogens with two attached hydrogens (primary N) is 1. The van der Waals surface area contributed by atoms with E-state index in [0.29, 0.717) is 39.8 Å². The van der Waals surface area contributed by atoms with Crippen LogP contribution in [-0.4, -0.2) is 39.1 Å². The van der Waals surface area contributed by atoms with Crippen LogP contribution in [0.15, 0.2) is 41.7 Å². The first-order chi connectivity index (χ1) is 17.3. The Hall–Kier alpha value is -4.15. The third-order valence-corrected chi connectivity index (χ3v) is 6.52. The molecule has 0 radical (unpaired) electrons. The number of nitrogens with zero attached hydrogens (tertiary/aromatic N) is 8. The van der Waals surface area contributed by atoms with Crippen molar-refractivity contribution in [2.24, 2.45) is 5.92 Å². The number of benzene rings is 1. The molecule has 10 nitrogen and oxygen atoms in total. The Labute approximate surface area is 205 Å². The van der Waals surface area contributed by atoms with Gasteiger partial charge in [0.1, 0.15) is 35.5 Å². The van der Waals surface area contributed by atoms with Crippen molar-refractivity contribution in [1.29, 1.82) is 0 Å². The van der Waals surface area contributed by atoms with Crippen molar-refractivity contribution in [2.75, 3.05) is 5.73 Å². The Bertz CT molecular complexity index is 1680. The van der Waals surface area contributed by atoms with Crippen molar-refractivity contribution in [3.8, 4) is 11.3 Å². The molecule has 0 bridgehead atoms. The van der Waals surface area contributed by atoms with Crippen LogP contribution in [0.1, 0.15) is 51.5 Å². The van der Waals surface area contributed by atoms with E-state index in [0.717, 1.165) is 24.9 Å². The van der Waals surface area contributed by atoms with E-state index < -0.39 is 11.9 Å². The van der Waals surface area contributed by atoms with Crippen LogP contribution in [0, 0.1) is 11.7 Å². The molecule has 1 aliphatic carbocycles. The van der Waals surface area contributed by atoms with Gasteiger partial charge in [0.05, 0.1) is 22.5 Å². The molecule has 0 saturated heterocycles. The zero-order chi connectivity index (χ0) is 25.1. The molecule has 0 aliphatic heterocycles. The summed E-state index contributed by atoms with van der Waals surface area (Å²) >= 11 is 0. The molecule has 0 unspecified atom stereocenters. The van der Waals surface area contributed by atoms with Crippen molar-refractivity contribution < 1.29 is 4.39 Å². The third-order valence-electron chi connectivity index (χ3n) is 6.52. The number of halogens is 1. The highest BCUT2D eigenvalue weighted by Gasteiger charge is 2.32. The molecule has 2 N–H and O–H groups in total. The number of anilines is 1. The standard InChI is InChI=1S/C25H26FN9O/c1-13(2)10-33-11-15(9-30-33)21-20-22(27)28-12-29-24(20)35(32-21)14(3)23-31-19-7-4-16(26)8-18(19)25(36)34(23)17-5-6-17/h4,7-9,11-14,17H,5-6,10H2,1-3H3,(H2,27,28,29)/t14-/m0/s1. The van der Waals surface area contributed by atoms with Crippen LogP contribution in [0.5, 0.6) is 0 Å². The average molecular weight is 488 g/mol. The fraction of sp³-hybridized carbons (Fsp3) is 0.360. The molecule has 1 aromatic carbocycles. The van der Waals surface area contributed by atoms with E-state index in [1.807, 2.05) is 17.8 Å². The Morgan fingerprint density at radius 2 is 2.00 bits per heavy atom. The first kappa shape index (κ1) is 22.3. The van der Waals surface area contributed by atoms with Crippen molar-refractivity contribution in [2.45, 2.75) is 52.2 Å². The minimum Gasteiger partial charge on any atom is -0.383 e. The summed E-state index contributed by atoms with van der Waals surface area (Å²) in [5.41, 5.74) is 8.45. The second-order valence-corrected chi connectivity index (χ2v) is 9.81. The summed E-state index contributed by atoms with van der Waals surface area (Å²) in [5, 5.41) is 10.3. The monoisotopic (exact) mass is 487 g/mol. The van der Waals surface area contributed by atoms with Gasteiger partial charge in [-0.25, -0.2) is 24.0 Å². The van der Waals surface area contributed by atoms with Gasteiger partial charge in [-0.15, -0.1) is 0 Å². The van der Waals surface area contributed by atoms with Gasteiger partial charge in [0.2, 0.25) is 0 Å². The van der Waals surface area contributed by atoms with Gasteiger partial charge in [0, 0.05) is 24.3 Å². The fourth-order valence-corrected chi connectivity index (χ4v) is 4.71. The number of aromatic nitrogens is 8. The van der Waals surface area contributed by atoms with E-state index in [1.54, 1.807) is 15.4 Å². The lowest BCUT2D eigenvalue weighted by molar-refractivity contribution is 0.483. The van der Waals surface area contributed by atoms with Gasteiger partial charge in [-0.05, 0) is 43.9 Å². The highest BCUT2D eigenvalue weighted by molar-refractivity contribution is 5.98. The highest BCUT2D eigenvalue weighted by atomic mass is 19.1. The van der Waals surface area contributed by atoms with E-state index >= 15 is 0 Å². The molecule has 1 saturated carbocycles. The van der Waals surface area contributed by atoms with Crippen LogP contribution in [0.4, 0.5) is 10.2 Å². The third kappa shape index (κ3) is 3.62. The first-order valence-electron chi connectivity index (χ1n) is 12.0. The Morgan fingerprint density at radius 3 is 2.75 bits per heavy atom. The molecule has 4 heterocycles. The molecule has 11 heteroatoms. The quantitative estimate of drug-likeness (QED) is 0.387. The number of rotatable bonds is 6. The largest absolute Gasteiger partial charge is 0.383 e. The van der Waals surface area contributed by atoms with E-state index in [1.165, 1.54) is 24.5 Å². The van der Waals surface area contributed by atoms with Gasteiger partial charge < -0.3 is 5.73 Å². The van der Waals surface area contributed by atoms with E-state index in [4.69, 9.17) is 15.8 Å². The minimum atomic E-state index is -0.461. The predicted octanol–water partition coefficient (Wildman–Crippen LogP) is 3.72. The Morgan fingerprint density at radius 1 is 1.19 bits per heavy atom. The second-order valence-electron chi connectivity index (χ2n) is 9.81. The Balaban J connectivity index is 1.54. The summed E-state index contributed by atoms with van der Waals surface area (Å²) in [6.45, 7) is 6.95. The first-order valence-corrected chi connectivity index (χ1v) is 12.0. The average Bonchev–Trinajstić information content (AvgIpc) is 3.44. The van der Waals surface area contributed by atoms with E-state index in [2.05, 4.69) is 28.9 Å². The van der Waals surface area contributed by atoms with Gasteiger partial charge in [0.25, 0.3) is 5.56 Å². The summed E-state index contributed by atoms with van der Waals surface area (Å²) in [6, 6.07) is 3.68. The van der Waals surface area contributed by atoms with Gasteiger partial charge in [0.15, 0.2) is 5.65 Å². The smallest absolute Gasteiger partial charge is 0.261 e. The van der Waals surface area contributed by atoms with Gasteiger partial charge in [-0.2, -0.15) is 10.2 Å². The second kappa shape index (κ2) is 8.21. The predicted molar refractivity (Wildman–Crippen MR) is 134 cm³/mol. The highest BCUT2D eigenvalue weighted by Crippen LogP contribution is 2.38. The fourth-order valence-electron chi connectivity index (χ4n) is 4.71. The summed E-state index contributed by atoms with van der Waals surface area (Å²) in [4.78, 5) is 26.9. The lowest BCUT2D eigenvalue weighted by Crippen LogP contribution is -2.28. The lowest BCUT2D eigenvalue weighted by atomic mass is 10.2. The minimum absolute atomic E-state index is 0.0328. The van der Waals surface area contributed by atoms with Crippen LogP contribution < -0.4 is 11.3 Å². The number of fused-ring (bicyclic) bond motifs is 2. The molecule has 1 fully saturated rings. The van der Waals surface area contributed by atoms with E-state index in [9.17, 15) is 9.18 Å². The summed E-state index contributed by atoms with van der Waals surface area (Å²) in [6.07, 6.45) is 6.84. The number of hydrogen-bond acceptors (Lipinski definition) is 7. The van der Waals surface area contributed by atoms with Crippen molar-refractivity contribution >= 4 is 27.8 Å². The maximum absolute atomic E-state index is 13.9. The van der Waals surface area contributed by atoms with Gasteiger partial charge >= 0.3 is 0 Å². The number of hydrogen-bond donors (Lipinski definition) is 1. The maximum atomic E-state index is 13.9. The topological polar surface area (TPSA) is 122 Å². The molecular formula is C25H26FN9O. The number of nitrogen functional groups attached to an aromatic ring is 1. The summed E-state index contributed by atoms with van der Waals surface area (Å²) in [7, 11) is 0. The molecule has 4 aromatic heterocycles. The van der Waals surface area contributed by atoms with Crippen molar-refractivity contribution in [1.82, 2.24) is 39.1 Å². The van der Waals surface area contributed by atoms with Gasteiger partial charge in [-0.1, -0.05) is 13.8 Å². The zero-order valence-electron chi connectivity index (χ0n) is 20.3. The molecule has 1 atom stereocenters. The van der Waals surface area contributed by atoms with E-state index in [-0.39, 0.29) is 17.0 Å². The van der Waals surface area contributed by atoms with Crippen LogP contribution in [-0.2, 0) is 6.54 Å². The molecule has 6 rings (SSSR count). The summed E-state index contributed by atoms with van der Waals surface area (Å²) < 4.78 is 19.2. The van der Waals surface area contributed by atoms with Crippen molar-refractivity contribution in [3.05, 3.63) is 58.9 Å².